The van der Waals surface area contributed by atoms with Crippen molar-refractivity contribution in [3.63, 3.8) is 0 Å². The van der Waals surface area contributed by atoms with E-state index >= 15 is 0 Å². The molecule has 0 aliphatic heterocycles. The third-order valence-corrected chi connectivity index (χ3v) is 14.3. The molecule has 0 saturated heterocycles. The second kappa shape index (κ2) is 15.3. The molecule has 2 aliphatic carbocycles. The van der Waals surface area contributed by atoms with Gasteiger partial charge in [-0.2, -0.15) is 0 Å². The van der Waals surface area contributed by atoms with Crippen molar-refractivity contribution in [2.75, 3.05) is 4.90 Å². The summed E-state index contributed by atoms with van der Waals surface area (Å²) in [5.74, 6) is 0. The molecular weight excluding hydrogens is 821 g/mol. The van der Waals surface area contributed by atoms with Gasteiger partial charge < -0.3 is 9.47 Å². The third-order valence-electron chi connectivity index (χ3n) is 14.3. The summed E-state index contributed by atoms with van der Waals surface area (Å²) in [6.07, 6.45) is 0. The monoisotopic (exact) mass is 862 g/mol. The maximum Gasteiger partial charge on any atom is 0.0542 e. The van der Waals surface area contributed by atoms with Crippen molar-refractivity contribution in [2.45, 2.75) is 0 Å². The van der Waals surface area contributed by atoms with E-state index < -0.39 is 0 Å². The van der Waals surface area contributed by atoms with E-state index in [2.05, 4.69) is 264 Å². The summed E-state index contributed by atoms with van der Waals surface area (Å²) in [6.45, 7) is 0. The average molecular weight is 863 g/mol. The number of rotatable bonds is 6. The van der Waals surface area contributed by atoms with Crippen LogP contribution in [-0.2, 0) is 0 Å². The summed E-state index contributed by atoms with van der Waals surface area (Å²) in [5, 5.41) is 4.89. The number of fused-ring (bicyclic) bond motifs is 10. The topological polar surface area (TPSA) is 8.17 Å². The van der Waals surface area contributed by atoms with Crippen molar-refractivity contribution < 1.29 is 0 Å². The minimum Gasteiger partial charge on any atom is -0.310 e. The molecule has 0 saturated carbocycles. The standard InChI is InChI=1S/C66H42N2/c1-2-15-43(16-3-1)44-29-31-45(32-30-44)46-33-35-48(36-34-46)67(50-38-40-64-60(41-50)56-23-12-13-27-63(56)68(64)62-28-14-18-47-17-4-5-19-51(47)62)49-37-39-55-54-22-8-11-26-59(54)66(61(55)42-49)65-57-24-9-6-20-52(57)53-21-7-10-25-58(53)65/h1-42H. The van der Waals surface area contributed by atoms with Crippen LogP contribution in [0, 0.1) is 0 Å². The first kappa shape index (κ1) is 38.3. The molecule has 2 heteroatoms. The summed E-state index contributed by atoms with van der Waals surface area (Å²) in [6, 6.07) is 93.8. The van der Waals surface area contributed by atoms with Gasteiger partial charge in [0.15, 0.2) is 0 Å². The molecule has 68 heavy (non-hydrogen) atoms. The molecule has 0 bridgehead atoms. The molecule has 11 aromatic carbocycles. The van der Waals surface area contributed by atoms with Gasteiger partial charge in [0, 0.05) is 33.2 Å². The fraction of sp³-hybridized carbons (Fsp3) is 0. The minimum atomic E-state index is 1.09. The lowest BCUT2D eigenvalue weighted by Crippen LogP contribution is -2.10. The zero-order chi connectivity index (χ0) is 44.7. The van der Waals surface area contributed by atoms with Gasteiger partial charge in [0.1, 0.15) is 0 Å². The molecule has 0 atom stereocenters. The van der Waals surface area contributed by atoms with Gasteiger partial charge in [-0.05, 0) is 138 Å². The van der Waals surface area contributed by atoms with Crippen molar-refractivity contribution in [3.05, 3.63) is 277 Å². The number of anilines is 3. The van der Waals surface area contributed by atoms with Gasteiger partial charge in [-0.15, -0.1) is 0 Å². The predicted molar refractivity (Wildman–Crippen MR) is 286 cm³/mol. The molecule has 0 spiro atoms. The Morgan fingerprint density at radius 1 is 0.250 bits per heavy atom. The smallest absolute Gasteiger partial charge is 0.0542 e. The molecule has 0 radical (unpaired) electrons. The van der Waals surface area contributed by atoms with Gasteiger partial charge in [0.05, 0.1) is 16.7 Å². The summed E-state index contributed by atoms with van der Waals surface area (Å²) in [7, 11) is 0. The van der Waals surface area contributed by atoms with E-state index in [0.29, 0.717) is 0 Å². The van der Waals surface area contributed by atoms with Crippen LogP contribution in [0.3, 0.4) is 0 Å². The molecule has 0 fully saturated rings. The molecule has 2 nitrogen and oxygen atoms in total. The summed E-state index contributed by atoms with van der Waals surface area (Å²) in [4.78, 5) is 2.45. The van der Waals surface area contributed by atoms with Crippen molar-refractivity contribution in [1.29, 1.82) is 0 Å². The van der Waals surface area contributed by atoms with Gasteiger partial charge in [-0.25, -0.2) is 0 Å². The van der Waals surface area contributed by atoms with Crippen LogP contribution >= 0.6 is 0 Å². The van der Waals surface area contributed by atoms with E-state index in [9.17, 15) is 0 Å². The lowest BCUT2D eigenvalue weighted by molar-refractivity contribution is 1.20. The first-order valence-electron chi connectivity index (χ1n) is 23.5. The Hall–Kier alpha value is -8.98. The molecule has 1 heterocycles. The third kappa shape index (κ3) is 5.91. The first-order valence-corrected chi connectivity index (χ1v) is 23.5. The molecule has 316 valence electrons. The average Bonchev–Trinajstić information content (AvgIpc) is 4.04. The number of aromatic nitrogens is 1. The molecule has 1 aromatic heterocycles. The molecular formula is C66H42N2. The number of nitrogens with zero attached hydrogens (tertiary/aromatic N) is 2. The highest BCUT2D eigenvalue weighted by Gasteiger charge is 2.33. The van der Waals surface area contributed by atoms with E-state index in [0.717, 1.165) is 17.1 Å². The van der Waals surface area contributed by atoms with E-state index in [1.54, 1.807) is 0 Å². The second-order valence-electron chi connectivity index (χ2n) is 18.0. The van der Waals surface area contributed by atoms with Crippen LogP contribution < -0.4 is 4.90 Å². The van der Waals surface area contributed by atoms with E-state index in [4.69, 9.17) is 0 Å². The normalized spacial score (nSPS) is 12.4. The SMILES string of the molecule is c1ccc(-c2ccc(-c3ccc(N(c4ccc5c(c4)C(=C4c6ccccc6-c6ccccc64)c4ccccc4-5)c4ccc5c(c4)c4ccccc4n5-c4cccc5ccccc45)cc3)cc2)cc1. The number of benzene rings is 11. The van der Waals surface area contributed by atoms with Crippen molar-refractivity contribution in [3.8, 4) is 50.2 Å². The highest BCUT2D eigenvalue weighted by Crippen LogP contribution is 2.55. The second-order valence-corrected chi connectivity index (χ2v) is 18.0. The van der Waals surface area contributed by atoms with Crippen LogP contribution in [0.4, 0.5) is 17.1 Å². The Balaban J connectivity index is 0.970. The summed E-state index contributed by atoms with van der Waals surface area (Å²) >= 11 is 0. The van der Waals surface area contributed by atoms with E-state index in [1.165, 1.54) is 116 Å². The van der Waals surface area contributed by atoms with E-state index in [1.807, 2.05) is 0 Å². The molecule has 2 aliphatic rings. The summed E-state index contributed by atoms with van der Waals surface area (Å²) < 4.78 is 2.45. The number of para-hydroxylation sites is 1. The molecule has 14 rings (SSSR count). The molecule has 12 aromatic rings. The van der Waals surface area contributed by atoms with Gasteiger partial charge in [0.25, 0.3) is 0 Å². The van der Waals surface area contributed by atoms with Gasteiger partial charge in [-0.1, -0.05) is 200 Å². The predicted octanol–water partition coefficient (Wildman–Crippen LogP) is 17.7. The highest BCUT2D eigenvalue weighted by atomic mass is 15.1. The lowest BCUT2D eigenvalue weighted by atomic mass is 9.91. The largest absolute Gasteiger partial charge is 0.310 e. The number of hydrogen-bond donors (Lipinski definition) is 0. The highest BCUT2D eigenvalue weighted by molar-refractivity contribution is 6.19. The Labute approximate surface area is 395 Å². The van der Waals surface area contributed by atoms with Crippen LogP contribution in [0.1, 0.15) is 22.3 Å². The maximum atomic E-state index is 2.45. The maximum absolute atomic E-state index is 2.45. The molecule has 0 unspecified atom stereocenters. The van der Waals surface area contributed by atoms with Crippen LogP contribution in [-0.4, -0.2) is 4.57 Å². The lowest BCUT2D eigenvalue weighted by Gasteiger charge is -2.27. The van der Waals surface area contributed by atoms with Gasteiger partial charge in [-0.3, -0.25) is 0 Å². The van der Waals surface area contributed by atoms with Crippen LogP contribution in [0.15, 0.2) is 255 Å². The Morgan fingerprint density at radius 2 is 0.691 bits per heavy atom. The Kier molecular flexibility index (Phi) is 8.62. The van der Waals surface area contributed by atoms with Gasteiger partial charge in [0.2, 0.25) is 0 Å². The zero-order valence-electron chi connectivity index (χ0n) is 37.1. The van der Waals surface area contributed by atoms with Crippen LogP contribution in [0.2, 0.25) is 0 Å². The Morgan fingerprint density at radius 3 is 1.35 bits per heavy atom. The quantitative estimate of drug-likeness (QED) is 0.162. The Bertz CT molecular complexity index is 3950. The zero-order valence-corrected chi connectivity index (χ0v) is 37.1. The number of hydrogen-bond acceptors (Lipinski definition) is 1. The van der Waals surface area contributed by atoms with Crippen LogP contribution in [0.25, 0.3) is 93.9 Å². The molecule has 0 amide bonds. The first-order chi connectivity index (χ1) is 33.7. The van der Waals surface area contributed by atoms with Gasteiger partial charge >= 0.3 is 0 Å². The van der Waals surface area contributed by atoms with Crippen LogP contribution in [0.5, 0.6) is 0 Å². The van der Waals surface area contributed by atoms with Crippen molar-refractivity contribution in [1.82, 2.24) is 4.57 Å². The van der Waals surface area contributed by atoms with Crippen molar-refractivity contribution in [2.24, 2.45) is 0 Å². The fourth-order valence-electron chi connectivity index (χ4n) is 11.2. The molecule has 0 N–H and O–H groups in total. The fourth-order valence-corrected chi connectivity index (χ4v) is 11.2. The van der Waals surface area contributed by atoms with E-state index in [-0.39, 0.29) is 0 Å². The van der Waals surface area contributed by atoms with Crippen molar-refractivity contribution >= 4 is 60.8 Å². The summed E-state index contributed by atoms with van der Waals surface area (Å²) in [5.41, 5.74) is 24.4. The minimum absolute atomic E-state index is 1.09.